The van der Waals surface area contributed by atoms with Crippen molar-refractivity contribution in [3.8, 4) is 12.1 Å². The zero-order valence-corrected chi connectivity index (χ0v) is 12.6. The summed E-state index contributed by atoms with van der Waals surface area (Å²) in [6.07, 6.45) is 1.26. The number of sulfonamides is 1. The van der Waals surface area contributed by atoms with Gasteiger partial charge in [-0.2, -0.15) is 10.5 Å². The third kappa shape index (κ3) is 5.27. The van der Waals surface area contributed by atoms with E-state index in [9.17, 15) is 8.42 Å². The van der Waals surface area contributed by atoms with E-state index in [0.29, 0.717) is 12.2 Å². The van der Waals surface area contributed by atoms with Gasteiger partial charge in [0.1, 0.15) is 17.7 Å². The lowest BCUT2D eigenvalue weighted by Crippen LogP contribution is -2.27. The average molecular weight is 304 g/mol. The molecule has 6 nitrogen and oxygen atoms in total. The number of anilines is 1. The van der Waals surface area contributed by atoms with Crippen LogP contribution in [-0.2, 0) is 10.0 Å². The van der Waals surface area contributed by atoms with E-state index in [4.69, 9.17) is 10.5 Å². The Hall–Kier alpha value is -2.35. The molecular weight excluding hydrogens is 288 g/mol. The van der Waals surface area contributed by atoms with E-state index in [1.807, 2.05) is 13.8 Å². The van der Waals surface area contributed by atoms with Gasteiger partial charge in [0.15, 0.2) is 0 Å². The van der Waals surface area contributed by atoms with Crippen LogP contribution in [0.25, 0.3) is 0 Å². The largest absolute Gasteiger partial charge is 0.360 e. The molecular formula is C14H16N4O2S. The van der Waals surface area contributed by atoms with Crippen LogP contribution in [0.1, 0.15) is 13.8 Å². The quantitative estimate of drug-likeness (QED) is 0.781. The van der Waals surface area contributed by atoms with E-state index < -0.39 is 10.0 Å². The second-order valence-electron chi connectivity index (χ2n) is 4.70. The lowest BCUT2D eigenvalue weighted by Gasteiger charge is -2.09. The van der Waals surface area contributed by atoms with Crippen LogP contribution in [0, 0.1) is 28.6 Å². The average Bonchev–Trinajstić information content (AvgIpc) is 2.47. The van der Waals surface area contributed by atoms with Crippen molar-refractivity contribution in [2.24, 2.45) is 5.92 Å². The Morgan fingerprint density at radius 1 is 1.24 bits per heavy atom. The van der Waals surface area contributed by atoms with Gasteiger partial charge in [-0.1, -0.05) is 13.8 Å². The van der Waals surface area contributed by atoms with Crippen LogP contribution in [0.4, 0.5) is 5.69 Å². The fraction of sp³-hybridized carbons (Fsp3) is 0.286. The molecule has 0 bridgehead atoms. The van der Waals surface area contributed by atoms with Gasteiger partial charge >= 0.3 is 0 Å². The van der Waals surface area contributed by atoms with E-state index in [2.05, 4.69) is 10.0 Å². The standard InChI is InChI=1S/C14H16N4O2S/c1-11(2)9-18-21(19,20)14-5-3-13(4-6-14)17-10-12(7-15)8-16/h3-6,10-11,17-18H,9H2,1-2H3. The number of nitriles is 2. The Balaban J connectivity index is 2.82. The summed E-state index contributed by atoms with van der Waals surface area (Å²) in [4.78, 5) is 0.165. The zero-order chi connectivity index (χ0) is 15.9. The lowest BCUT2D eigenvalue weighted by atomic mass is 10.2. The molecule has 0 unspecified atom stereocenters. The van der Waals surface area contributed by atoms with Crippen LogP contribution in [0.15, 0.2) is 40.9 Å². The van der Waals surface area contributed by atoms with Crippen molar-refractivity contribution in [3.05, 3.63) is 36.0 Å². The second kappa shape index (κ2) is 7.44. The normalized spacial score (nSPS) is 10.5. The smallest absolute Gasteiger partial charge is 0.240 e. The second-order valence-corrected chi connectivity index (χ2v) is 6.46. The monoisotopic (exact) mass is 304 g/mol. The molecule has 0 aliphatic rings. The van der Waals surface area contributed by atoms with E-state index >= 15 is 0 Å². The fourth-order valence-electron chi connectivity index (χ4n) is 1.34. The number of nitrogens with zero attached hydrogens (tertiary/aromatic N) is 2. The van der Waals surface area contributed by atoms with E-state index in [0.717, 1.165) is 0 Å². The Bertz CT molecular complexity index is 676. The van der Waals surface area contributed by atoms with Gasteiger partial charge in [0.05, 0.1) is 4.90 Å². The molecule has 0 aromatic heterocycles. The number of benzene rings is 1. The predicted octanol–water partition coefficient (Wildman–Crippen LogP) is 1.96. The maximum Gasteiger partial charge on any atom is 0.240 e. The van der Waals surface area contributed by atoms with E-state index in [1.54, 1.807) is 24.3 Å². The number of hydrogen-bond acceptors (Lipinski definition) is 5. The molecule has 0 fully saturated rings. The highest BCUT2D eigenvalue weighted by molar-refractivity contribution is 7.89. The molecule has 0 atom stereocenters. The fourth-order valence-corrected chi connectivity index (χ4v) is 2.55. The molecule has 21 heavy (non-hydrogen) atoms. The van der Waals surface area contributed by atoms with Gasteiger partial charge in [-0.25, -0.2) is 13.1 Å². The third-order valence-corrected chi connectivity index (χ3v) is 3.91. The van der Waals surface area contributed by atoms with Crippen LogP contribution >= 0.6 is 0 Å². The Morgan fingerprint density at radius 3 is 2.29 bits per heavy atom. The molecule has 1 aromatic rings. The number of nitrogens with one attached hydrogen (secondary N) is 2. The first-order valence-electron chi connectivity index (χ1n) is 6.25. The summed E-state index contributed by atoms with van der Waals surface area (Å²) in [6, 6.07) is 9.47. The summed E-state index contributed by atoms with van der Waals surface area (Å²) in [6.45, 7) is 4.21. The number of allylic oxidation sites excluding steroid dienone is 1. The van der Waals surface area contributed by atoms with Crippen LogP contribution in [0.2, 0.25) is 0 Å². The highest BCUT2D eigenvalue weighted by Crippen LogP contribution is 2.14. The van der Waals surface area contributed by atoms with Gasteiger partial charge in [-0.3, -0.25) is 0 Å². The summed E-state index contributed by atoms with van der Waals surface area (Å²) in [5, 5.41) is 19.9. The summed E-state index contributed by atoms with van der Waals surface area (Å²) >= 11 is 0. The van der Waals surface area contributed by atoms with Gasteiger partial charge < -0.3 is 5.32 Å². The number of rotatable bonds is 6. The van der Waals surface area contributed by atoms with Gasteiger partial charge in [-0.15, -0.1) is 0 Å². The minimum Gasteiger partial charge on any atom is -0.360 e. The molecule has 0 radical (unpaired) electrons. The van der Waals surface area contributed by atoms with Crippen LogP contribution < -0.4 is 10.0 Å². The molecule has 0 spiro atoms. The van der Waals surface area contributed by atoms with Crippen molar-refractivity contribution >= 4 is 15.7 Å². The van der Waals surface area contributed by atoms with E-state index in [1.165, 1.54) is 18.3 Å². The Morgan fingerprint density at radius 2 is 1.81 bits per heavy atom. The third-order valence-electron chi connectivity index (χ3n) is 2.47. The van der Waals surface area contributed by atoms with Gasteiger partial charge in [0.25, 0.3) is 0 Å². The van der Waals surface area contributed by atoms with Crippen molar-refractivity contribution in [3.63, 3.8) is 0 Å². The zero-order valence-electron chi connectivity index (χ0n) is 11.8. The molecule has 110 valence electrons. The Kier molecular flexibility index (Phi) is 5.92. The molecule has 0 saturated carbocycles. The van der Waals surface area contributed by atoms with Gasteiger partial charge in [-0.05, 0) is 30.2 Å². The minimum absolute atomic E-state index is 0.0645. The molecule has 2 N–H and O–H groups in total. The summed E-state index contributed by atoms with van der Waals surface area (Å²) < 4.78 is 26.5. The first-order chi connectivity index (χ1) is 9.89. The maximum atomic E-state index is 12.0. The van der Waals surface area contributed by atoms with Gasteiger partial charge in [0.2, 0.25) is 10.0 Å². The molecule has 1 aromatic carbocycles. The summed E-state index contributed by atoms with van der Waals surface area (Å²) in [7, 11) is -3.51. The van der Waals surface area contributed by atoms with Crippen LogP contribution in [0.5, 0.6) is 0 Å². The van der Waals surface area contributed by atoms with Gasteiger partial charge in [0, 0.05) is 18.4 Å². The Labute approximate surface area is 124 Å². The van der Waals surface area contributed by atoms with Crippen molar-refractivity contribution < 1.29 is 8.42 Å². The van der Waals surface area contributed by atoms with Crippen molar-refractivity contribution in [1.29, 1.82) is 10.5 Å². The highest BCUT2D eigenvalue weighted by Gasteiger charge is 2.13. The topological polar surface area (TPSA) is 106 Å². The molecule has 0 aliphatic carbocycles. The SMILES string of the molecule is CC(C)CNS(=O)(=O)c1ccc(NC=C(C#N)C#N)cc1. The molecule has 1 rings (SSSR count). The van der Waals surface area contributed by atoms with Crippen LogP contribution in [-0.4, -0.2) is 15.0 Å². The van der Waals surface area contributed by atoms with Crippen molar-refractivity contribution in [1.82, 2.24) is 4.72 Å². The summed E-state index contributed by atoms with van der Waals surface area (Å²) in [5.74, 6) is 0.223. The first-order valence-corrected chi connectivity index (χ1v) is 7.74. The number of hydrogen-bond donors (Lipinski definition) is 2. The molecule has 0 heterocycles. The van der Waals surface area contributed by atoms with Crippen molar-refractivity contribution in [2.75, 3.05) is 11.9 Å². The molecule has 7 heteroatoms. The lowest BCUT2D eigenvalue weighted by molar-refractivity contribution is 0.560. The molecule has 0 amide bonds. The minimum atomic E-state index is -3.51. The maximum absolute atomic E-state index is 12.0. The van der Waals surface area contributed by atoms with Crippen molar-refractivity contribution in [2.45, 2.75) is 18.7 Å². The summed E-state index contributed by atoms with van der Waals surface area (Å²) in [5.41, 5.74) is 0.520. The molecule has 0 aliphatic heterocycles. The molecule has 0 saturated heterocycles. The first kappa shape index (κ1) is 16.7. The highest BCUT2D eigenvalue weighted by atomic mass is 32.2. The van der Waals surface area contributed by atoms with E-state index in [-0.39, 0.29) is 16.4 Å². The predicted molar refractivity (Wildman–Crippen MR) is 79.4 cm³/mol. The van der Waals surface area contributed by atoms with Crippen LogP contribution in [0.3, 0.4) is 0 Å².